The number of nitrogens with one attached hydrogen (secondary N) is 1. The molecule has 0 spiro atoms. The number of halogens is 1. The summed E-state index contributed by atoms with van der Waals surface area (Å²) in [5.74, 6) is -0.638. The van der Waals surface area contributed by atoms with Crippen LogP contribution in [0.4, 0.5) is 15.8 Å². The number of carbonyl (C=O) groups is 1. The largest absolute Gasteiger partial charge is 0.398 e. The van der Waals surface area contributed by atoms with Crippen LogP contribution in [0.15, 0.2) is 42.5 Å². The highest BCUT2D eigenvalue weighted by atomic mass is 19.1. The van der Waals surface area contributed by atoms with Gasteiger partial charge in [0.2, 0.25) is 0 Å². The fraction of sp³-hybridized carbons (Fsp3) is 0.0714. The Morgan fingerprint density at radius 3 is 2.44 bits per heavy atom. The second-order valence-corrected chi connectivity index (χ2v) is 4.00. The Balaban J connectivity index is 2.25. The van der Waals surface area contributed by atoms with Crippen molar-refractivity contribution in [1.82, 2.24) is 0 Å². The third kappa shape index (κ3) is 2.48. The molecule has 0 atom stereocenters. The van der Waals surface area contributed by atoms with Crippen LogP contribution >= 0.6 is 0 Å². The normalized spacial score (nSPS) is 10.1. The van der Waals surface area contributed by atoms with Crippen LogP contribution in [0.25, 0.3) is 0 Å². The van der Waals surface area contributed by atoms with E-state index in [1.807, 2.05) is 13.0 Å². The molecule has 0 saturated heterocycles. The van der Waals surface area contributed by atoms with Crippen molar-refractivity contribution in [2.24, 2.45) is 0 Å². The molecule has 0 saturated carbocycles. The zero-order valence-corrected chi connectivity index (χ0v) is 9.91. The van der Waals surface area contributed by atoms with Crippen molar-refractivity contribution in [3.63, 3.8) is 0 Å². The van der Waals surface area contributed by atoms with Gasteiger partial charge in [-0.25, -0.2) is 4.39 Å². The molecule has 0 radical (unpaired) electrons. The van der Waals surface area contributed by atoms with E-state index in [0.717, 1.165) is 5.56 Å². The minimum absolute atomic E-state index is 0.294. The van der Waals surface area contributed by atoms with Crippen LogP contribution in [-0.2, 0) is 0 Å². The van der Waals surface area contributed by atoms with Gasteiger partial charge in [-0.1, -0.05) is 12.1 Å². The molecule has 1 amide bonds. The van der Waals surface area contributed by atoms with E-state index in [9.17, 15) is 9.18 Å². The summed E-state index contributed by atoms with van der Waals surface area (Å²) in [5, 5.41) is 2.68. The maximum Gasteiger partial charge on any atom is 0.258 e. The minimum atomic E-state index is -0.344. The standard InChI is InChI=1S/C14H13FN2O/c1-9-3-2-4-12(16)13(9)14(18)17-11-7-5-10(15)6-8-11/h2-8H,16H2,1H3,(H,17,18). The number of amides is 1. The topological polar surface area (TPSA) is 55.1 Å². The molecule has 0 aliphatic rings. The fourth-order valence-electron chi connectivity index (χ4n) is 1.73. The summed E-state index contributed by atoms with van der Waals surface area (Å²) in [6.45, 7) is 1.82. The number of benzene rings is 2. The molecule has 0 fully saturated rings. The molecule has 4 heteroatoms. The first-order valence-corrected chi connectivity index (χ1v) is 5.50. The van der Waals surface area contributed by atoms with E-state index < -0.39 is 0 Å². The number of rotatable bonds is 2. The molecule has 2 rings (SSSR count). The molecular formula is C14H13FN2O. The smallest absolute Gasteiger partial charge is 0.258 e. The molecule has 0 bridgehead atoms. The van der Waals surface area contributed by atoms with Gasteiger partial charge in [-0.3, -0.25) is 4.79 Å². The Kier molecular flexibility index (Phi) is 3.28. The van der Waals surface area contributed by atoms with Gasteiger partial charge in [0.15, 0.2) is 0 Å². The number of carbonyl (C=O) groups excluding carboxylic acids is 1. The SMILES string of the molecule is Cc1cccc(N)c1C(=O)Nc1ccc(F)cc1. The first-order chi connectivity index (χ1) is 8.58. The van der Waals surface area contributed by atoms with Crippen LogP contribution in [0.1, 0.15) is 15.9 Å². The monoisotopic (exact) mass is 244 g/mol. The molecule has 2 aromatic rings. The summed E-state index contributed by atoms with van der Waals surface area (Å²) in [7, 11) is 0. The van der Waals surface area contributed by atoms with Gasteiger partial charge in [0.1, 0.15) is 5.82 Å². The Hall–Kier alpha value is -2.36. The van der Waals surface area contributed by atoms with Gasteiger partial charge in [-0.05, 0) is 42.8 Å². The zero-order chi connectivity index (χ0) is 13.1. The summed E-state index contributed by atoms with van der Waals surface area (Å²) in [4.78, 5) is 12.1. The highest BCUT2D eigenvalue weighted by Gasteiger charge is 2.12. The number of aryl methyl sites for hydroxylation is 1. The van der Waals surface area contributed by atoms with E-state index in [0.29, 0.717) is 16.9 Å². The van der Waals surface area contributed by atoms with Crippen LogP contribution in [0.3, 0.4) is 0 Å². The van der Waals surface area contributed by atoms with Crippen molar-refractivity contribution in [3.8, 4) is 0 Å². The number of nitrogen functional groups attached to an aromatic ring is 1. The van der Waals surface area contributed by atoms with Gasteiger partial charge in [-0.15, -0.1) is 0 Å². The molecular weight excluding hydrogens is 231 g/mol. The average molecular weight is 244 g/mol. The summed E-state index contributed by atoms with van der Waals surface area (Å²) in [6.07, 6.45) is 0. The highest BCUT2D eigenvalue weighted by Crippen LogP contribution is 2.18. The lowest BCUT2D eigenvalue weighted by Crippen LogP contribution is -2.15. The highest BCUT2D eigenvalue weighted by molar-refractivity contribution is 6.08. The lowest BCUT2D eigenvalue weighted by molar-refractivity contribution is 0.102. The summed E-state index contributed by atoms with van der Waals surface area (Å²) in [6, 6.07) is 10.9. The zero-order valence-electron chi connectivity index (χ0n) is 9.91. The van der Waals surface area contributed by atoms with Gasteiger partial charge >= 0.3 is 0 Å². The third-order valence-electron chi connectivity index (χ3n) is 2.63. The molecule has 0 aromatic heterocycles. The number of anilines is 2. The summed E-state index contributed by atoms with van der Waals surface area (Å²) >= 11 is 0. The lowest BCUT2D eigenvalue weighted by atomic mass is 10.1. The average Bonchev–Trinajstić information content (AvgIpc) is 2.32. The number of nitrogens with two attached hydrogens (primary N) is 1. The molecule has 3 N–H and O–H groups in total. The maximum atomic E-state index is 12.7. The molecule has 0 aliphatic carbocycles. The Labute approximate surface area is 104 Å². The van der Waals surface area contributed by atoms with Crippen molar-refractivity contribution >= 4 is 17.3 Å². The van der Waals surface area contributed by atoms with Crippen LogP contribution in [-0.4, -0.2) is 5.91 Å². The fourth-order valence-corrected chi connectivity index (χ4v) is 1.73. The third-order valence-corrected chi connectivity index (χ3v) is 2.63. The van der Waals surface area contributed by atoms with E-state index in [1.54, 1.807) is 12.1 Å². The van der Waals surface area contributed by atoms with Gasteiger partial charge in [0, 0.05) is 11.4 Å². The quantitative estimate of drug-likeness (QED) is 0.798. The predicted molar refractivity (Wildman–Crippen MR) is 69.9 cm³/mol. The van der Waals surface area contributed by atoms with Crippen molar-refractivity contribution in [2.45, 2.75) is 6.92 Å². The first-order valence-electron chi connectivity index (χ1n) is 5.50. The van der Waals surface area contributed by atoms with Gasteiger partial charge < -0.3 is 11.1 Å². The van der Waals surface area contributed by atoms with Crippen molar-refractivity contribution in [2.75, 3.05) is 11.1 Å². The molecule has 3 nitrogen and oxygen atoms in total. The second kappa shape index (κ2) is 4.87. The van der Waals surface area contributed by atoms with E-state index in [-0.39, 0.29) is 11.7 Å². The molecule has 0 unspecified atom stereocenters. The Morgan fingerprint density at radius 2 is 1.83 bits per heavy atom. The summed E-state index contributed by atoms with van der Waals surface area (Å²) < 4.78 is 12.7. The first kappa shape index (κ1) is 12.1. The maximum absolute atomic E-state index is 12.7. The van der Waals surface area contributed by atoms with Crippen molar-refractivity contribution < 1.29 is 9.18 Å². The van der Waals surface area contributed by atoms with Crippen LogP contribution in [0, 0.1) is 12.7 Å². The van der Waals surface area contributed by atoms with Gasteiger partial charge in [0.25, 0.3) is 5.91 Å². The lowest BCUT2D eigenvalue weighted by Gasteiger charge is -2.10. The number of hydrogen-bond acceptors (Lipinski definition) is 2. The van der Waals surface area contributed by atoms with Gasteiger partial charge in [0.05, 0.1) is 5.56 Å². The number of hydrogen-bond donors (Lipinski definition) is 2. The molecule has 0 aliphatic heterocycles. The van der Waals surface area contributed by atoms with Crippen LogP contribution < -0.4 is 11.1 Å². The van der Waals surface area contributed by atoms with Crippen LogP contribution in [0.5, 0.6) is 0 Å². The van der Waals surface area contributed by atoms with Gasteiger partial charge in [-0.2, -0.15) is 0 Å². The Bertz CT molecular complexity index is 559. The minimum Gasteiger partial charge on any atom is -0.398 e. The molecule has 2 aromatic carbocycles. The van der Waals surface area contributed by atoms with Crippen molar-refractivity contribution in [1.29, 1.82) is 0 Å². The van der Waals surface area contributed by atoms with E-state index in [1.165, 1.54) is 24.3 Å². The molecule has 92 valence electrons. The summed E-state index contributed by atoms with van der Waals surface area (Å²) in [5.41, 5.74) is 7.98. The second-order valence-electron chi connectivity index (χ2n) is 4.00. The predicted octanol–water partition coefficient (Wildman–Crippen LogP) is 2.97. The molecule has 18 heavy (non-hydrogen) atoms. The van der Waals surface area contributed by atoms with E-state index in [2.05, 4.69) is 5.32 Å². The van der Waals surface area contributed by atoms with E-state index in [4.69, 9.17) is 5.73 Å². The van der Waals surface area contributed by atoms with Crippen molar-refractivity contribution in [3.05, 3.63) is 59.4 Å². The van der Waals surface area contributed by atoms with Crippen LogP contribution in [0.2, 0.25) is 0 Å². The Morgan fingerprint density at radius 1 is 1.17 bits per heavy atom. The van der Waals surface area contributed by atoms with E-state index >= 15 is 0 Å². The molecule has 0 heterocycles.